The SMILES string of the molecule is O=C(Cc1ccc(Br)cc1)N/N=C/c1ccc(-c2ccc([N+](=O)[O-])cc2Br)o1. The smallest absolute Gasteiger partial charge is 0.270 e. The van der Waals surface area contributed by atoms with Crippen molar-refractivity contribution in [2.24, 2.45) is 5.10 Å². The molecule has 142 valence electrons. The minimum Gasteiger partial charge on any atom is -0.455 e. The maximum atomic E-state index is 11.9. The molecular weight excluding hydrogens is 494 g/mol. The Balaban J connectivity index is 1.62. The third kappa shape index (κ3) is 5.14. The van der Waals surface area contributed by atoms with Crippen LogP contribution < -0.4 is 5.43 Å². The van der Waals surface area contributed by atoms with Crippen LogP contribution in [0.5, 0.6) is 0 Å². The Labute approximate surface area is 176 Å². The van der Waals surface area contributed by atoms with E-state index in [2.05, 4.69) is 42.4 Å². The van der Waals surface area contributed by atoms with E-state index in [4.69, 9.17) is 4.42 Å². The van der Waals surface area contributed by atoms with Crippen LogP contribution in [0.25, 0.3) is 11.3 Å². The van der Waals surface area contributed by atoms with Gasteiger partial charge in [-0.2, -0.15) is 5.10 Å². The van der Waals surface area contributed by atoms with E-state index in [1.807, 2.05) is 24.3 Å². The second-order valence-corrected chi connectivity index (χ2v) is 7.49. The molecule has 1 N–H and O–H groups in total. The zero-order valence-corrected chi connectivity index (χ0v) is 17.4. The van der Waals surface area contributed by atoms with Crippen molar-refractivity contribution in [2.75, 3.05) is 0 Å². The van der Waals surface area contributed by atoms with Crippen LogP contribution in [0.2, 0.25) is 0 Å². The number of hydrazone groups is 1. The van der Waals surface area contributed by atoms with Gasteiger partial charge in [-0.25, -0.2) is 5.43 Å². The summed E-state index contributed by atoms with van der Waals surface area (Å²) >= 11 is 6.66. The van der Waals surface area contributed by atoms with Gasteiger partial charge < -0.3 is 4.42 Å². The van der Waals surface area contributed by atoms with Crippen LogP contribution in [-0.2, 0) is 11.2 Å². The number of carbonyl (C=O) groups excluding carboxylic acids is 1. The third-order valence-corrected chi connectivity index (χ3v) is 4.90. The topological polar surface area (TPSA) is 97.7 Å². The normalized spacial score (nSPS) is 10.9. The van der Waals surface area contributed by atoms with E-state index in [1.165, 1.54) is 18.3 Å². The van der Waals surface area contributed by atoms with Gasteiger partial charge in [0.2, 0.25) is 5.91 Å². The highest BCUT2D eigenvalue weighted by Crippen LogP contribution is 2.32. The number of carbonyl (C=O) groups is 1. The summed E-state index contributed by atoms with van der Waals surface area (Å²) in [7, 11) is 0. The second kappa shape index (κ2) is 8.94. The molecule has 1 heterocycles. The summed E-state index contributed by atoms with van der Waals surface area (Å²) in [5.41, 5.74) is 3.98. The maximum absolute atomic E-state index is 11.9. The molecule has 0 aliphatic rings. The van der Waals surface area contributed by atoms with Crippen molar-refractivity contribution in [3.63, 3.8) is 0 Å². The number of nitro benzene ring substituents is 1. The van der Waals surface area contributed by atoms with E-state index in [1.54, 1.807) is 18.2 Å². The number of rotatable bonds is 6. The van der Waals surface area contributed by atoms with Gasteiger partial charge in [0.05, 0.1) is 17.6 Å². The van der Waals surface area contributed by atoms with Crippen LogP contribution in [0.4, 0.5) is 5.69 Å². The van der Waals surface area contributed by atoms with Crippen molar-refractivity contribution in [1.29, 1.82) is 0 Å². The first kappa shape index (κ1) is 20.0. The predicted octanol–water partition coefficient (Wildman–Crippen LogP) is 5.07. The predicted molar refractivity (Wildman–Crippen MR) is 112 cm³/mol. The quantitative estimate of drug-likeness (QED) is 0.286. The fourth-order valence-corrected chi connectivity index (χ4v) is 3.21. The monoisotopic (exact) mass is 505 g/mol. The molecule has 0 aliphatic heterocycles. The number of amides is 1. The van der Waals surface area contributed by atoms with Crippen molar-refractivity contribution in [2.45, 2.75) is 6.42 Å². The molecule has 0 spiro atoms. The number of hydrogen-bond acceptors (Lipinski definition) is 5. The molecule has 1 aromatic heterocycles. The van der Waals surface area contributed by atoms with Gasteiger partial charge in [-0.15, -0.1) is 0 Å². The minimum absolute atomic E-state index is 0.0162. The number of nitrogens with zero attached hydrogens (tertiary/aromatic N) is 2. The van der Waals surface area contributed by atoms with Crippen molar-refractivity contribution in [1.82, 2.24) is 5.43 Å². The zero-order valence-electron chi connectivity index (χ0n) is 14.3. The van der Waals surface area contributed by atoms with E-state index in [9.17, 15) is 14.9 Å². The first-order chi connectivity index (χ1) is 13.4. The van der Waals surface area contributed by atoms with Gasteiger partial charge in [-0.05, 0) is 51.8 Å². The minimum atomic E-state index is -0.467. The second-order valence-electron chi connectivity index (χ2n) is 5.72. The molecule has 0 saturated carbocycles. The Morgan fingerprint density at radius 1 is 1.14 bits per heavy atom. The summed E-state index contributed by atoms with van der Waals surface area (Å²) in [6.45, 7) is 0. The van der Waals surface area contributed by atoms with Crippen molar-refractivity contribution < 1.29 is 14.1 Å². The Kier molecular flexibility index (Phi) is 6.37. The van der Waals surface area contributed by atoms with Crippen molar-refractivity contribution >= 4 is 49.7 Å². The third-order valence-electron chi connectivity index (χ3n) is 3.71. The lowest BCUT2D eigenvalue weighted by molar-refractivity contribution is -0.384. The Morgan fingerprint density at radius 2 is 1.89 bits per heavy atom. The highest BCUT2D eigenvalue weighted by atomic mass is 79.9. The van der Waals surface area contributed by atoms with Crippen LogP contribution in [0.3, 0.4) is 0 Å². The standard InChI is InChI=1S/C19H13Br2N3O4/c20-13-3-1-12(2-4-13)9-19(25)23-22-11-15-6-8-18(28-15)16-7-5-14(24(26)27)10-17(16)21/h1-8,10-11H,9H2,(H,23,25)/b22-11+. The van der Waals surface area contributed by atoms with Crippen molar-refractivity contribution in [3.05, 3.63) is 85.0 Å². The van der Waals surface area contributed by atoms with E-state index < -0.39 is 4.92 Å². The van der Waals surface area contributed by atoms with E-state index >= 15 is 0 Å². The zero-order chi connectivity index (χ0) is 20.1. The number of nitro groups is 1. The summed E-state index contributed by atoms with van der Waals surface area (Å²) in [5, 5.41) is 14.7. The van der Waals surface area contributed by atoms with Gasteiger partial charge in [-0.1, -0.05) is 28.1 Å². The first-order valence-corrected chi connectivity index (χ1v) is 9.61. The van der Waals surface area contributed by atoms with Gasteiger partial charge in [0, 0.05) is 26.6 Å². The molecule has 7 nitrogen and oxygen atoms in total. The van der Waals surface area contributed by atoms with Crippen molar-refractivity contribution in [3.8, 4) is 11.3 Å². The molecule has 0 bridgehead atoms. The van der Waals surface area contributed by atoms with E-state index in [0.29, 0.717) is 21.6 Å². The summed E-state index contributed by atoms with van der Waals surface area (Å²) in [4.78, 5) is 22.3. The summed E-state index contributed by atoms with van der Waals surface area (Å²) in [6.07, 6.45) is 1.60. The molecule has 9 heteroatoms. The molecule has 0 radical (unpaired) electrons. The number of benzene rings is 2. The molecule has 3 rings (SSSR count). The van der Waals surface area contributed by atoms with Crippen LogP contribution >= 0.6 is 31.9 Å². The molecule has 0 atom stereocenters. The molecule has 1 amide bonds. The summed E-state index contributed by atoms with van der Waals surface area (Å²) < 4.78 is 7.15. The Bertz CT molecular complexity index is 1050. The number of furan rings is 1. The van der Waals surface area contributed by atoms with Crippen LogP contribution in [0.1, 0.15) is 11.3 Å². The lowest BCUT2D eigenvalue weighted by Gasteiger charge is -2.01. The number of nitrogens with one attached hydrogen (secondary N) is 1. The van der Waals surface area contributed by atoms with Gasteiger partial charge in [0.1, 0.15) is 11.5 Å². The maximum Gasteiger partial charge on any atom is 0.270 e. The number of hydrogen-bond donors (Lipinski definition) is 1. The average molecular weight is 507 g/mol. The lowest BCUT2D eigenvalue weighted by atomic mass is 10.1. The van der Waals surface area contributed by atoms with Crippen LogP contribution in [0, 0.1) is 10.1 Å². The largest absolute Gasteiger partial charge is 0.455 e. The van der Waals surface area contributed by atoms with Gasteiger partial charge >= 0.3 is 0 Å². The first-order valence-electron chi connectivity index (χ1n) is 8.03. The van der Waals surface area contributed by atoms with Gasteiger partial charge in [0.15, 0.2) is 0 Å². The number of non-ortho nitro benzene ring substituents is 1. The summed E-state index contributed by atoms with van der Waals surface area (Å²) in [5.74, 6) is 0.706. The molecule has 0 saturated heterocycles. The Morgan fingerprint density at radius 3 is 2.57 bits per heavy atom. The van der Waals surface area contributed by atoms with Crippen LogP contribution in [-0.4, -0.2) is 17.0 Å². The van der Waals surface area contributed by atoms with Crippen LogP contribution in [0.15, 0.2) is 73.1 Å². The molecule has 0 aliphatic carbocycles. The van der Waals surface area contributed by atoms with E-state index in [-0.39, 0.29) is 18.0 Å². The molecule has 0 fully saturated rings. The highest BCUT2D eigenvalue weighted by molar-refractivity contribution is 9.10. The molecule has 28 heavy (non-hydrogen) atoms. The molecule has 3 aromatic rings. The van der Waals surface area contributed by atoms with Gasteiger partial charge in [-0.3, -0.25) is 14.9 Å². The summed E-state index contributed by atoms with van der Waals surface area (Å²) in [6, 6.07) is 15.3. The fraction of sp³-hybridized carbons (Fsp3) is 0.0526. The Hall–Kier alpha value is -2.78. The molecular formula is C19H13Br2N3O4. The number of halogens is 2. The molecule has 2 aromatic carbocycles. The highest BCUT2D eigenvalue weighted by Gasteiger charge is 2.13. The fourth-order valence-electron chi connectivity index (χ4n) is 2.38. The average Bonchev–Trinajstić information content (AvgIpc) is 3.12. The van der Waals surface area contributed by atoms with E-state index in [0.717, 1.165) is 10.0 Å². The lowest BCUT2D eigenvalue weighted by Crippen LogP contribution is -2.19. The van der Waals surface area contributed by atoms with Gasteiger partial charge in [0.25, 0.3) is 5.69 Å². The molecule has 0 unspecified atom stereocenters.